The smallest absolute Gasteiger partial charge is 0.242 e. The van der Waals surface area contributed by atoms with Crippen LogP contribution in [0.15, 0.2) is 6.07 Å². The second kappa shape index (κ2) is 5.75. The normalized spacial score (nSPS) is 18.9. The van der Waals surface area contributed by atoms with Crippen LogP contribution >= 0.6 is 12.2 Å². The number of carbonyl (C=O) groups is 1. The van der Waals surface area contributed by atoms with Crippen LogP contribution < -0.4 is 16.0 Å². The van der Waals surface area contributed by atoms with Crippen LogP contribution in [0.5, 0.6) is 0 Å². The number of pyridine rings is 1. The number of rotatable bonds is 3. The molecule has 0 radical (unpaired) electrons. The van der Waals surface area contributed by atoms with E-state index in [0.29, 0.717) is 11.5 Å². The van der Waals surface area contributed by atoms with Gasteiger partial charge in [-0.15, -0.1) is 0 Å². The molecule has 1 aromatic heterocycles. The number of hydrogen-bond acceptors (Lipinski definition) is 4. The van der Waals surface area contributed by atoms with Crippen molar-refractivity contribution >= 4 is 28.9 Å². The Balaban J connectivity index is 2.55. The molecule has 2 heterocycles. The Labute approximate surface area is 124 Å². The number of carbonyl (C=O) groups excluding carboxylic acids is 1. The lowest BCUT2D eigenvalue weighted by atomic mass is 10.0. The number of amides is 1. The first-order valence-corrected chi connectivity index (χ1v) is 7.19. The highest BCUT2D eigenvalue weighted by Gasteiger charge is 2.31. The van der Waals surface area contributed by atoms with Gasteiger partial charge in [-0.1, -0.05) is 19.1 Å². The van der Waals surface area contributed by atoms with Crippen LogP contribution in [0.1, 0.15) is 30.2 Å². The van der Waals surface area contributed by atoms with Crippen LogP contribution in [0.3, 0.4) is 0 Å². The van der Waals surface area contributed by atoms with E-state index in [9.17, 15) is 4.79 Å². The molecule has 1 unspecified atom stereocenters. The highest BCUT2D eigenvalue weighted by atomic mass is 32.1. The predicted molar refractivity (Wildman–Crippen MR) is 84.0 cm³/mol. The first kappa shape index (κ1) is 14.7. The molecule has 3 N–H and O–H groups in total. The molecule has 6 heteroatoms. The fourth-order valence-corrected chi connectivity index (χ4v) is 2.96. The number of nitrogens with one attached hydrogen (secondary N) is 1. The van der Waals surface area contributed by atoms with Gasteiger partial charge in [0.25, 0.3) is 0 Å². The molecule has 0 aliphatic carbocycles. The maximum Gasteiger partial charge on any atom is 0.242 e. The van der Waals surface area contributed by atoms with Crippen LogP contribution in [-0.4, -0.2) is 35.0 Å². The molecule has 1 atom stereocenters. The van der Waals surface area contributed by atoms with Crippen molar-refractivity contribution < 1.29 is 4.79 Å². The Hall–Kier alpha value is -1.69. The zero-order chi connectivity index (χ0) is 14.9. The van der Waals surface area contributed by atoms with Crippen molar-refractivity contribution in [3.8, 4) is 0 Å². The number of piperazine rings is 1. The van der Waals surface area contributed by atoms with Crippen molar-refractivity contribution in [1.29, 1.82) is 0 Å². The SMILES string of the molecule is CCC1C(=O)NCCN1c1nc(C)cc(C)c1C(N)=S. The number of nitrogens with two attached hydrogens (primary N) is 1. The quantitative estimate of drug-likeness (QED) is 0.815. The topological polar surface area (TPSA) is 71.2 Å². The molecule has 1 aliphatic heterocycles. The third-order valence-electron chi connectivity index (χ3n) is 3.56. The van der Waals surface area contributed by atoms with Gasteiger partial charge in [-0.05, 0) is 31.9 Å². The van der Waals surface area contributed by atoms with Crippen LogP contribution in [0.2, 0.25) is 0 Å². The van der Waals surface area contributed by atoms with E-state index in [1.165, 1.54) is 0 Å². The minimum absolute atomic E-state index is 0.0357. The van der Waals surface area contributed by atoms with Gasteiger partial charge >= 0.3 is 0 Å². The van der Waals surface area contributed by atoms with Crippen molar-refractivity contribution in [2.24, 2.45) is 5.73 Å². The lowest BCUT2D eigenvalue weighted by Crippen LogP contribution is -2.55. The van der Waals surface area contributed by atoms with Gasteiger partial charge < -0.3 is 16.0 Å². The summed E-state index contributed by atoms with van der Waals surface area (Å²) in [7, 11) is 0. The average Bonchev–Trinajstić information content (AvgIpc) is 2.36. The van der Waals surface area contributed by atoms with Crippen LogP contribution in [-0.2, 0) is 4.79 Å². The van der Waals surface area contributed by atoms with Gasteiger partial charge in [-0.2, -0.15) is 0 Å². The van der Waals surface area contributed by atoms with E-state index in [-0.39, 0.29) is 11.9 Å². The predicted octanol–water partition coefficient (Wildman–Crippen LogP) is 1.05. The van der Waals surface area contributed by atoms with Gasteiger partial charge in [0, 0.05) is 18.8 Å². The highest BCUT2D eigenvalue weighted by molar-refractivity contribution is 7.80. The van der Waals surface area contributed by atoms with E-state index in [2.05, 4.69) is 10.3 Å². The fraction of sp³-hybridized carbons (Fsp3) is 0.500. The minimum atomic E-state index is -0.217. The van der Waals surface area contributed by atoms with Crippen molar-refractivity contribution in [1.82, 2.24) is 10.3 Å². The molecule has 5 nitrogen and oxygen atoms in total. The summed E-state index contributed by atoms with van der Waals surface area (Å²) in [6.07, 6.45) is 0.720. The summed E-state index contributed by atoms with van der Waals surface area (Å²) in [4.78, 5) is 19.0. The average molecular weight is 292 g/mol. The molecule has 0 aromatic carbocycles. The summed E-state index contributed by atoms with van der Waals surface area (Å²) in [5.74, 6) is 0.769. The molecule has 1 fully saturated rings. The molecule has 108 valence electrons. The molecule has 0 saturated carbocycles. The van der Waals surface area contributed by atoms with Crippen LogP contribution in [0.25, 0.3) is 0 Å². The summed E-state index contributed by atoms with van der Waals surface area (Å²) in [5, 5.41) is 2.89. The third-order valence-corrected chi connectivity index (χ3v) is 3.77. The Morgan fingerprint density at radius 2 is 2.30 bits per heavy atom. The number of aromatic nitrogens is 1. The van der Waals surface area contributed by atoms with E-state index in [1.807, 2.05) is 31.7 Å². The second-order valence-electron chi connectivity index (χ2n) is 5.05. The number of nitrogens with zero attached hydrogens (tertiary/aromatic N) is 2. The van der Waals surface area contributed by atoms with Crippen molar-refractivity contribution in [2.75, 3.05) is 18.0 Å². The summed E-state index contributed by atoms with van der Waals surface area (Å²) in [6.45, 7) is 7.23. The molecule has 2 rings (SSSR count). The van der Waals surface area contributed by atoms with Crippen LogP contribution in [0.4, 0.5) is 5.82 Å². The number of hydrogen-bond donors (Lipinski definition) is 2. The van der Waals surface area contributed by atoms with Crippen molar-refractivity contribution in [3.05, 3.63) is 22.9 Å². The molecule has 1 amide bonds. The fourth-order valence-electron chi connectivity index (χ4n) is 2.70. The molecule has 0 bridgehead atoms. The summed E-state index contributed by atoms with van der Waals surface area (Å²) in [5.41, 5.74) is 8.54. The molecule has 20 heavy (non-hydrogen) atoms. The Kier molecular flexibility index (Phi) is 4.23. The van der Waals surface area contributed by atoms with Gasteiger partial charge in [0.15, 0.2) is 0 Å². The highest BCUT2D eigenvalue weighted by Crippen LogP contribution is 2.26. The molecule has 0 spiro atoms. The van der Waals surface area contributed by atoms with Crippen molar-refractivity contribution in [3.63, 3.8) is 0 Å². The largest absolute Gasteiger partial charge is 0.389 e. The summed E-state index contributed by atoms with van der Waals surface area (Å²) >= 11 is 5.16. The maximum absolute atomic E-state index is 12.0. The van der Waals surface area contributed by atoms with E-state index >= 15 is 0 Å². The monoisotopic (exact) mass is 292 g/mol. The van der Waals surface area contributed by atoms with E-state index in [4.69, 9.17) is 18.0 Å². The zero-order valence-corrected chi connectivity index (χ0v) is 12.9. The molecular formula is C14H20N4OS. The van der Waals surface area contributed by atoms with E-state index < -0.39 is 0 Å². The number of anilines is 1. The number of thiocarbonyl (C=S) groups is 1. The molecule has 1 aromatic rings. The lowest BCUT2D eigenvalue weighted by molar-refractivity contribution is -0.123. The van der Waals surface area contributed by atoms with Gasteiger partial charge in [0.05, 0.1) is 5.56 Å². The van der Waals surface area contributed by atoms with Crippen molar-refractivity contribution in [2.45, 2.75) is 33.2 Å². The van der Waals surface area contributed by atoms with Crippen LogP contribution in [0, 0.1) is 13.8 Å². The number of aryl methyl sites for hydroxylation is 2. The first-order chi connectivity index (χ1) is 9.45. The second-order valence-corrected chi connectivity index (χ2v) is 5.49. The molecule has 1 saturated heterocycles. The summed E-state index contributed by atoms with van der Waals surface area (Å²) < 4.78 is 0. The zero-order valence-electron chi connectivity index (χ0n) is 12.1. The molecular weight excluding hydrogens is 272 g/mol. The van der Waals surface area contributed by atoms with Gasteiger partial charge in [-0.3, -0.25) is 4.79 Å². The standard InChI is InChI=1S/C14H20N4OS/c1-4-10-14(19)16-5-6-18(10)13-11(12(15)20)8(2)7-9(3)17-13/h7,10H,4-6H2,1-3H3,(H2,15,20)(H,16,19). The third kappa shape index (κ3) is 2.60. The summed E-state index contributed by atoms with van der Waals surface area (Å²) in [6, 6.07) is 1.74. The maximum atomic E-state index is 12.0. The van der Waals surface area contributed by atoms with Gasteiger partial charge in [0.2, 0.25) is 5.91 Å². The first-order valence-electron chi connectivity index (χ1n) is 6.78. The minimum Gasteiger partial charge on any atom is -0.389 e. The Morgan fingerprint density at radius 3 is 2.90 bits per heavy atom. The van der Waals surface area contributed by atoms with Gasteiger partial charge in [0.1, 0.15) is 16.8 Å². The lowest BCUT2D eigenvalue weighted by Gasteiger charge is -2.36. The van der Waals surface area contributed by atoms with E-state index in [0.717, 1.165) is 35.6 Å². The van der Waals surface area contributed by atoms with E-state index in [1.54, 1.807) is 0 Å². The van der Waals surface area contributed by atoms with Gasteiger partial charge in [-0.25, -0.2) is 4.98 Å². The Morgan fingerprint density at radius 1 is 1.60 bits per heavy atom. The molecule has 1 aliphatic rings. The Bertz CT molecular complexity index is 558.